The van der Waals surface area contributed by atoms with E-state index in [4.69, 9.17) is 33.5 Å². The summed E-state index contributed by atoms with van der Waals surface area (Å²) in [6, 6.07) is 23.4. The number of aromatic nitrogens is 2. The summed E-state index contributed by atoms with van der Waals surface area (Å²) in [5.74, 6) is 1.56. The number of hydrogen-bond acceptors (Lipinski definition) is 3. The molecule has 0 bridgehead atoms. The lowest BCUT2D eigenvalue weighted by atomic mass is 9.92. The predicted molar refractivity (Wildman–Crippen MR) is 129 cm³/mol. The largest absolute Gasteiger partial charge is 0.497 e. The van der Waals surface area contributed by atoms with Gasteiger partial charge in [-0.05, 0) is 59.7 Å². The van der Waals surface area contributed by atoms with Gasteiger partial charge in [-0.25, -0.2) is 4.98 Å². The molecule has 3 N–H and O–H groups in total. The molecule has 0 fully saturated rings. The van der Waals surface area contributed by atoms with Gasteiger partial charge in [-0.3, -0.25) is 0 Å². The van der Waals surface area contributed by atoms with Crippen molar-refractivity contribution in [3.05, 3.63) is 94.8 Å². The Hall–Kier alpha value is -3.35. The number of aromatic amines is 1. The van der Waals surface area contributed by atoms with Crippen LogP contribution in [0, 0.1) is 0 Å². The lowest BCUT2D eigenvalue weighted by Gasteiger charge is -2.31. The topological polar surface area (TPSA) is 62.0 Å². The van der Waals surface area contributed by atoms with E-state index in [1.54, 1.807) is 7.11 Å². The first-order valence-electron chi connectivity index (χ1n) is 9.79. The molecule has 0 saturated carbocycles. The zero-order chi connectivity index (χ0) is 21.4. The average molecular weight is 447 g/mol. The van der Waals surface area contributed by atoms with E-state index >= 15 is 0 Å². The molecule has 5 rings (SSSR count). The van der Waals surface area contributed by atoms with Crippen LogP contribution in [-0.2, 0) is 0 Å². The van der Waals surface area contributed by atoms with E-state index in [1.807, 2.05) is 72.8 Å². The number of ether oxygens (including phenoxy) is 1. The van der Waals surface area contributed by atoms with E-state index in [9.17, 15) is 0 Å². The summed E-state index contributed by atoms with van der Waals surface area (Å²) in [4.78, 5) is 8.34. The highest BCUT2D eigenvalue weighted by Crippen LogP contribution is 2.38. The molecule has 7 heteroatoms. The van der Waals surface area contributed by atoms with Crippen LogP contribution in [-0.4, -0.2) is 22.2 Å². The van der Waals surface area contributed by atoms with E-state index in [-0.39, 0.29) is 6.04 Å². The number of nitrogens with zero attached hydrogens (tertiary/aromatic N) is 1. The molecule has 154 valence electrons. The second-order valence-electron chi connectivity index (χ2n) is 7.21. The summed E-state index contributed by atoms with van der Waals surface area (Å²) >= 11 is 11.9. The van der Waals surface area contributed by atoms with Crippen LogP contribution in [0.25, 0.3) is 22.3 Å². The fraction of sp³-hybridized carbons (Fsp3) is 0.0833. The number of thiocarbonyl (C=S) groups is 1. The van der Waals surface area contributed by atoms with Gasteiger partial charge in [0.15, 0.2) is 5.11 Å². The average Bonchev–Trinajstić information content (AvgIpc) is 3.22. The Morgan fingerprint density at radius 2 is 1.81 bits per heavy atom. The molecule has 0 saturated heterocycles. The molecule has 1 aliphatic rings. The minimum atomic E-state index is -0.214. The highest BCUT2D eigenvalue weighted by Gasteiger charge is 2.30. The van der Waals surface area contributed by atoms with Crippen LogP contribution in [0.3, 0.4) is 0 Å². The van der Waals surface area contributed by atoms with Crippen molar-refractivity contribution in [2.75, 3.05) is 7.11 Å². The van der Waals surface area contributed by atoms with Gasteiger partial charge >= 0.3 is 0 Å². The Morgan fingerprint density at radius 3 is 2.55 bits per heavy atom. The molecule has 0 amide bonds. The number of hydrogen-bond donors (Lipinski definition) is 3. The van der Waals surface area contributed by atoms with E-state index < -0.39 is 0 Å². The van der Waals surface area contributed by atoms with Crippen molar-refractivity contribution in [1.29, 1.82) is 0 Å². The Kier molecular flexibility index (Phi) is 5.10. The Bertz CT molecular complexity index is 1280. The van der Waals surface area contributed by atoms with Crippen LogP contribution in [0.15, 0.2) is 72.8 Å². The van der Waals surface area contributed by atoms with E-state index in [0.29, 0.717) is 10.1 Å². The lowest BCUT2D eigenvalue weighted by molar-refractivity contribution is 0.414. The maximum Gasteiger partial charge on any atom is 0.171 e. The minimum Gasteiger partial charge on any atom is -0.497 e. The second-order valence-corrected chi connectivity index (χ2v) is 8.05. The van der Waals surface area contributed by atoms with Crippen molar-refractivity contribution in [3.63, 3.8) is 0 Å². The highest BCUT2D eigenvalue weighted by molar-refractivity contribution is 7.80. The molecule has 0 aliphatic carbocycles. The predicted octanol–water partition coefficient (Wildman–Crippen LogP) is 5.31. The van der Waals surface area contributed by atoms with Crippen LogP contribution >= 0.6 is 23.8 Å². The molecule has 1 aromatic heterocycles. The van der Waals surface area contributed by atoms with Gasteiger partial charge in [0.25, 0.3) is 0 Å². The molecule has 0 spiro atoms. The monoisotopic (exact) mass is 446 g/mol. The number of methoxy groups -OCH3 is 1. The summed E-state index contributed by atoms with van der Waals surface area (Å²) in [6.07, 6.45) is 0. The highest BCUT2D eigenvalue weighted by atomic mass is 35.5. The molecule has 0 unspecified atom stereocenters. The third kappa shape index (κ3) is 3.76. The van der Waals surface area contributed by atoms with Gasteiger partial charge < -0.3 is 20.4 Å². The Balaban J connectivity index is 1.75. The van der Waals surface area contributed by atoms with Gasteiger partial charge in [0.05, 0.1) is 29.9 Å². The minimum absolute atomic E-state index is 0.214. The number of imidazole rings is 1. The molecule has 1 atom stereocenters. The maximum atomic E-state index is 6.31. The van der Waals surface area contributed by atoms with Gasteiger partial charge in [-0.2, -0.15) is 0 Å². The summed E-state index contributed by atoms with van der Waals surface area (Å²) in [5.41, 5.74) is 5.67. The number of benzene rings is 3. The number of nitrogens with one attached hydrogen (secondary N) is 3. The third-order valence-electron chi connectivity index (χ3n) is 5.28. The zero-order valence-electron chi connectivity index (χ0n) is 16.6. The van der Waals surface area contributed by atoms with E-state index in [1.165, 1.54) is 0 Å². The lowest BCUT2D eigenvalue weighted by Crippen LogP contribution is -2.42. The summed E-state index contributed by atoms with van der Waals surface area (Å²) < 4.78 is 5.33. The first-order valence-corrected chi connectivity index (χ1v) is 10.6. The van der Waals surface area contributed by atoms with Gasteiger partial charge in [0.1, 0.15) is 11.6 Å². The van der Waals surface area contributed by atoms with Gasteiger partial charge in [-0.1, -0.05) is 48.0 Å². The smallest absolute Gasteiger partial charge is 0.171 e. The molecule has 5 nitrogen and oxygen atoms in total. The fourth-order valence-corrected chi connectivity index (χ4v) is 4.23. The molecular weight excluding hydrogens is 428 g/mol. The zero-order valence-corrected chi connectivity index (χ0v) is 18.2. The maximum absolute atomic E-state index is 6.31. The Labute approximate surface area is 190 Å². The first kappa shape index (κ1) is 19.6. The number of para-hydroxylation sites is 2. The van der Waals surface area contributed by atoms with E-state index in [2.05, 4.69) is 15.6 Å². The van der Waals surface area contributed by atoms with Crippen LogP contribution in [0.2, 0.25) is 5.02 Å². The second kappa shape index (κ2) is 8.06. The molecule has 31 heavy (non-hydrogen) atoms. The van der Waals surface area contributed by atoms with Crippen LogP contribution in [0.1, 0.15) is 23.0 Å². The van der Waals surface area contributed by atoms with Crippen molar-refractivity contribution < 1.29 is 4.74 Å². The molecule has 4 aromatic rings. The molecule has 1 aliphatic heterocycles. The normalized spacial score (nSPS) is 16.2. The quantitative estimate of drug-likeness (QED) is 0.371. The molecular formula is C24H19ClN4OS. The van der Waals surface area contributed by atoms with Crippen molar-refractivity contribution >= 4 is 51.2 Å². The number of halogens is 1. The summed E-state index contributed by atoms with van der Waals surface area (Å²) in [6.45, 7) is 0. The first-order chi connectivity index (χ1) is 15.1. The van der Waals surface area contributed by atoms with Crippen molar-refractivity contribution in [1.82, 2.24) is 20.6 Å². The molecule has 3 aromatic carbocycles. The van der Waals surface area contributed by atoms with Crippen molar-refractivity contribution in [3.8, 4) is 5.75 Å². The summed E-state index contributed by atoms with van der Waals surface area (Å²) in [5, 5.41) is 7.93. The third-order valence-corrected chi connectivity index (χ3v) is 5.73. The number of rotatable bonds is 4. The van der Waals surface area contributed by atoms with Crippen LogP contribution in [0.4, 0.5) is 0 Å². The van der Waals surface area contributed by atoms with Crippen molar-refractivity contribution in [2.24, 2.45) is 0 Å². The van der Waals surface area contributed by atoms with Gasteiger partial charge in [-0.15, -0.1) is 0 Å². The van der Waals surface area contributed by atoms with Crippen molar-refractivity contribution in [2.45, 2.75) is 6.04 Å². The fourth-order valence-electron chi connectivity index (χ4n) is 3.82. The summed E-state index contributed by atoms with van der Waals surface area (Å²) in [7, 11) is 1.66. The SMILES string of the molecule is COc1ccc([C@H]2NC(=S)NC(c3cccc(Cl)c3)=C2c2nc3ccccc3[nH]2)cc1. The Morgan fingerprint density at radius 1 is 1.00 bits per heavy atom. The van der Waals surface area contributed by atoms with Gasteiger partial charge in [0.2, 0.25) is 0 Å². The van der Waals surface area contributed by atoms with Gasteiger partial charge in [0, 0.05) is 10.6 Å². The van der Waals surface area contributed by atoms with Crippen LogP contribution < -0.4 is 15.4 Å². The van der Waals surface area contributed by atoms with E-state index in [0.717, 1.165) is 45.0 Å². The number of H-pyrrole nitrogens is 1. The standard InChI is InChI=1S/C24H19ClN4OS/c1-30-17-11-9-14(10-12-17)21-20(23-26-18-7-2-3-8-19(18)27-23)22(29-24(31)28-21)15-5-4-6-16(25)13-15/h2-13,21H,1H3,(H,26,27)(H2,28,29,31)/t21-/m1/s1. The van der Waals surface area contributed by atoms with Crippen LogP contribution in [0.5, 0.6) is 5.75 Å². The molecule has 2 heterocycles. The molecule has 0 radical (unpaired) electrons. The number of fused-ring (bicyclic) bond motifs is 1.